The first-order valence-electron chi connectivity index (χ1n) is 10.2. The third kappa shape index (κ3) is 5.20. The number of halogens is 3. The minimum absolute atomic E-state index is 0.0630. The normalized spacial score (nSPS) is 17.1. The minimum atomic E-state index is -4.49. The predicted molar refractivity (Wildman–Crippen MR) is 111 cm³/mol. The van der Waals surface area contributed by atoms with Gasteiger partial charge in [0.2, 0.25) is 5.95 Å². The van der Waals surface area contributed by atoms with Crippen molar-refractivity contribution in [3.63, 3.8) is 0 Å². The first-order valence-corrected chi connectivity index (χ1v) is 10.2. The minimum Gasteiger partial charge on any atom is -0.367 e. The van der Waals surface area contributed by atoms with Crippen LogP contribution >= 0.6 is 0 Å². The molecule has 0 amide bonds. The van der Waals surface area contributed by atoms with Crippen LogP contribution in [0.1, 0.15) is 29.5 Å². The summed E-state index contributed by atoms with van der Waals surface area (Å²) in [4.78, 5) is 12.6. The molecule has 1 aliphatic carbocycles. The summed E-state index contributed by atoms with van der Waals surface area (Å²) in [5.74, 6) is 0.00603. The van der Waals surface area contributed by atoms with Crippen molar-refractivity contribution in [2.45, 2.75) is 38.0 Å². The highest BCUT2D eigenvalue weighted by molar-refractivity contribution is 5.59. The maximum Gasteiger partial charge on any atom is 0.421 e. The SMILES string of the molecule is CN(C)CCN1CCc2cc(Nc3ncc(C(F)(F)F)c(NC4CC4)n3)ccc2C1. The molecule has 9 heteroatoms. The number of rotatable bonds is 7. The molecule has 4 rings (SSSR count). The van der Waals surface area contributed by atoms with E-state index in [-0.39, 0.29) is 17.8 Å². The Morgan fingerprint density at radius 3 is 2.70 bits per heavy atom. The fourth-order valence-corrected chi connectivity index (χ4v) is 3.53. The second-order valence-electron chi connectivity index (χ2n) is 8.31. The van der Waals surface area contributed by atoms with Gasteiger partial charge in [-0.3, -0.25) is 4.90 Å². The summed E-state index contributed by atoms with van der Waals surface area (Å²) in [5, 5.41) is 5.94. The van der Waals surface area contributed by atoms with E-state index in [1.165, 1.54) is 11.1 Å². The smallest absolute Gasteiger partial charge is 0.367 e. The summed E-state index contributed by atoms with van der Waals surface area (Å²) in [5.41, 5.74) is 2.50. The molecule has 162 valence electrons. The van der Waals surface area contributed by atoms with Crippen molar-refractivity contribution in [2.75, 3.05) is 44.4 Å². The average Bonchev–Trinajstić information content (AvgIpc) is 3.49. The molecule has 0 unspecified atom stereocenters. The average molecular weight is 420 g/mol. The van der Waals surface area contributed by atoms with Crippen LogP contribution in [0.2, 0.25) is 0 Å². The Labute approximate surface area is 174 Å². The predicted octanol–water partition coefficient (Wildman–Crippen LogP) is 3.73. The van der Waals surface area contributed by atoms with Crippen LogP contribution < -0.4 is 10.6 Å². The van der Waals surface area contributed by atoms with Crippen LogP contribution in [0, 0.1) is 0 Å². The van der Waals surface area contributed by atoms with E-state index in [0.29, 0.717) is 0 Å². The number of hydrogen-bond donors (Lipinski definition) is 2. The highest BCUT2D eigenvalue weighted by atomic mass is 19.4. The third-order valence-electron chi connectivity index (χ3n) is 5.43. The summed E-state index contributed by atoms with van der Waals surface area (Å²) in [6.07, 6.45) is -0.970. The topological polar surface area (TPSA) is 56.3 Å². The zero-order valence-electron chi connectivity index (χ0n) is 17.3. The van der Waals surface area contributed by atoms with Crippen LogP contribution in [0.15, 0.2) is 24.4 Å². The molecular weight excluding hydrogens is 393 g/mol. The van der Waals surface area contributed by atoms with Gasteiger partial charge in [-0.25, -0.2) is 4.98 Å². The van der Waals surface area contributed by atoms with Gasteiger partial charge in [0.1, 0.15) is 11.4 Å². The molecule has 0 atom stereocenters. The number of fused-ring (bicyclic) bond motifs is 1. The van der Waals surface area contributed by atoms with E-state index in [2.05, 4.69) is 50.6 Å². The second kappa shape index (κ2) is 8.39. The summed E-state index contributed by atoms with van der Waals surface area (Å²) >= 11 is 0. The Bertz CT molecular complexity index is 895. The van der Waals surface area contributed by atoms with Crippen molar-refractivity contribution in [3.05, 3.63) is 41.1 Å². The molecule has 0 bridgehead atoms. The Morgan fingerprint density at radius 1 is 1.20 bits per heavy atom. The number of hydrogen-bond acceptors (Lipinski definition) is 6. The van der Waals surface area contributed by atoms with Crippen molar-refractivity contribution < 1.29 is 13.2 Å². The van der Waals surface area contributed by atoms with Crippen LogP contribution in [0.3, 0.4) is 0 Å². The summed E-state index contributed by atoms with van der Waals surface area (Å²) in [6, 6.07) is 6.12. The lowest BCUT2D eigenvalue weighted by molar-refractivity contribution is -0.137. The third-order valence-corrected chi connectivity index (χ3v) is 5.43. The number of aromatic nitrogens is 2. The molecule has 2 N–H and O–H groups in total. The highest BCUT2D eigenvalue weighted by Crippen LogP contribution is 2.36. The molecule has 6 nitrogen and oxygen atoms in total. The summed E-state index contributed by atoms with van der Waals surface area (Å²) in [7, 11) is 4.15. The molecule has 1 aliphatic heterocycles. The van der Waals surface area contributed by atoms with Crippen molar-refractivity contribution >= 4 is 17.5 Å². The zero-order valence-corrected chi connectivity index (χ0v) is 17.3. The van der Waals surface area contributed by atoms with Gasteiger partial charge in [0.05, 0.1) is 0 Å². The van der Waals surface area contributed by atoms with Crippen LogP contribution in [0.5, 0.6) is 0 Å². The molecule has 1 fully saturated rings. The number of benzene rings is 1. The number of likely N-dealkylation sites (N-methyl/N-ethyl adjacent to an activating group) is 1. The molecule has 30 heavy (non-hydrogen) atoms. The maximum atomic E-state index is 13.2. The van der Waals surface area contributed by atoms with Gasteiger partial charge in [-0.15, -0.1) is 0 Å². The lowest BCUT2D eigenvalue weighted by Crippen LogP contribution is -2.35. The van der Waals surface area contributed by atoms with Crippen LogP contribution in [-0.4, -0.2) is 59.5 Å². The van der Waals surface area contributed by atoms with Crippen molar-refractivity contribution in [1.82, 2.24) is 19.8 Å². The van der Waals surface area contributed by atoms with Crippen molar-refractivity contribution in [1.29, 1.82) is 0 Å². The van der Waals surface area contributed by atoms with Gasteiger partial charge < -0.3 is 15.5 Å². The second-order valence-corrected chi connectivity index (χ2v) is 8.31. The lowest BCUT2D eigenvalue weighted by atomic mass is 9.99. The Morgan fingerprint density at radius 2 is 2.00 bits per heavy atom. The van der Waals surface area contributed by atoms with Crippen molar-refractivity contribution in [2.24, 2.45) is 0 Å². The Kier molecular flexibility index (Phi) is 5.84. The highest BCUT2D eigenvalue weighted by Gasteiger charge is 2.36. The molecule has 2 heterocycles. The zero-order chi connectivity index (χ0) is 21.3. The molecule has 1 saturated carbocycles. The molecular formula is C21H27F3N6. The number of nitrogens with one attached hydrogen (secondary N) is 2. The van der Waals surface area contributed by atoms with Gasteiger partial charge in [-0.1, -0.05) is 6.07 Å². The van der Waals surface area contributed by atoms with E-state index < -0.39 is 11.7 Å². The van der Waals surface area contributed by atoms with E-state index in [1.807, 2.05) is 12.1 Å². The van der Waals surface area contributed by atoms with Crippen LogP contribution in [0.25, 0.3) is 0 Å². The fraction of sp³-hybridized carbons (Fsp3) is 0.524. The quantitative estimate of drug-likeness (QED) is 0.712. The van der Waals surface area contributed by atoms with Crippen molar-refractivity contribution in [3.8, 4) is 0 Å². The monoisotopic (exact) mass is 420 g/mol. The van der Waals surface area contributed by atoms with E-state index >= 15 is 0 Å². The number of anilines is 3. The molecule has 2 aliphatic rings. The van der Waals surface area contributed by atoms with Gasteiger partial charge in [0, 0.05) is 44.1 Å². The van der Waals surface area contributed by atoms with Crippen LogP contribution in [0.4, 0.5) is 30.6 Å². The number of nitrogens with zero attached hydrogens (tertiary/aromatic N) is 4. The molecule has 0 radical (unpaired) electrons. The summed E-state index contributed by atoms with van der Waals surface area (Å²) in [6.45, 7) is 3.96. The molecule has 0 saturated heterocycles. The molecule has 2 aromatic rings. The Hall–Kier alpha value is -2.39. The van der Waals surface area contributed by atoms with E-state index in [1.54, 1.807) is 0 Å². The molecule has 0 spiro atoms. The largest absolute Gasteiger partial charge is 0.421 e. The van der Waals surface area contributed by atoms with E-state index in [0.717, 1.165) is 57.3 Å². The van der Waals surface area contributed by atoms with Gasteiger partial charge >= 0.3 is 6.18 Å². The first kappa shape index (κ1) is 20.9. The fourth-order valence-electron chi connectivity index (χ4n) is 3.53. The molecule has 1 aromatic carbocycles. The van der Waals surface area contributed by atoms with Gasteiger partial charge in [0.15, 0.2) is 0 Å². The first-order chi connectivity index (χ1) is 14.3. The van der Waals surface area contributed by atoms with E-state index in [9.17, 15) is 13.2 Å². The Balaban J connectivity index is 1.47. The van der Waals surface area contributed by atoms with Gasteiger partial charge in [-0.05, 0) is 56.6 Å². The van der Waals surface area contributed by atoms with Crippen LogP contribution in [-0.2, 0) is 19.1 Å². The van der Waals surface area contributed by atoms with E-state index in [4.69, 9.17) is 0 Å². The van der Waals surface area contributed by atoms with Gasteiger partial charge in [-0.2, -0.15) is 18.2 Å². The maximum absolute atomic E-state index is 13.2. The lowest BCUT2D eigenvalue weighted by Gasteiger charge is -2.30. The molecule has 1 aromatic heterocycles. The van der Waals surface area contributed by atoms with Gasteiger partial charge in [0.25, 0.3) is 0 Å². The summed E-state index contributed by atoms with van der Waals surface area (Å²) < 4.78 is 39.7. The number of alkyl halides is 3. The standard InChI is InChI=1S/C21H27F3N6/c1-29(2)9-10-30-8-7-14-11-17(4-3-15(14)13-30)27-20-25-12-18(21(22,23)24)19(28-20)26-16-5-6-16/h3-4,11-12,16H,5-10,13H2,1-2H3,(H2,25,26,27,28).